The maximum Gasteiger partial charge on any atom is 0.193 e. The fourth-order valence-corrected chi connectivity index (χ4v) is 2.83. The number of hydrogen-bond acceptors (Lipinski definition) is 2. The number of nitrogens with zero attached hydrogens (tertiary/aromatic N) is 4. The van der Waals surface area contributed by atoms with Gasteiger partial charge in [0.25, 0.3) is 0 Å². The number of nitrogens with one attached hydrogen (secondary N) is 1. The minimum Gasteiger partial charge on any atom is -0.356 e. The highest BCUT2D eigenvalue weighted by molar-refractivity contribution is 5.79. The lowest BCUT2D eigenvalue weighted by molar-refractivity contribution is 0.455. The van der Waals surface area contributed by atoms with Crippen molar-refractivity contribution in [1.29, 1.82) is 0 Å². The third kappa shape index (κ3) is 6.39. The third-order valence-corrected chi connectivity index (χ3v) is 4.33. The smallest absolute Gasteiger partial charge is 0.193 e. The molecule has 5 nitrogen and oxygen atoms in total. The zero-order chi connectivity index (χ0) is 18.6. The van der Waals surface area contributed by atoms with E-state index in [2.05, 4.69) is 52.3 Å². The monoisotopic (exact) mass is 353 g/mol. The first-order valence-electron chi connectivity index (χ1n) is 9.36. The number of para-hydroxylation sites is 1. The van der Waals surface area contributed by atoms with Gasteiger partial charge < -0.3 is 10.2 Å². The Morgan fingerprint density at radius 2 is 2.08 bits per heavy atom. The molecule has 1 heterocycles. The first kappa shape index (κ1) is 19.8. The Morgan fingerprint density at radius 1 is 1.27 bits per heavy atom. The SMILES string of the molecule is C=CCCCCCN(C)C(=NC)NCCc1cnn(-c2ccccc2)c1. The molecule has 0 bridgehead atoms. The molecule has 0 atom stereocenters. The molecule has 1 aromatic carbocycles. The van der Waals surface area contributed by atoms with Crippen molar-refractivity contribution in [3.05, 3.63) is 60.9 Å². The molecule has 0 aliphatic carbocycles. The summed E-state index contributed by atoms with van der Waals surface area (Å²) in [5.41, 5.74) is 2.29. The normalized spacial score (nSPS) is 11.4. The van der Waals surface area contributed by atoms with E-state index in [1.54, 1.807) is 0 Å². The molecule has 0 aliphatic rings. The van der Waals surface area contributed by atoms with Crippen molar-refractivity contribution < 1.29 is 0 Å². The number of hydrogen-bond donors (Lipinski definition) is 1. The highest BCUT2D eigenvalue weighted by Gasteiger charge is 2.06. The molecule has 0 aliphatic heterocycles. The zero-order valence-electron chi connectivity index (χ0n) is 16.1. The van der Waals surface area contributed by atoms with Crippen LogP contribution >= 0.6 is 0 Å². The van der Waals surface area contributed by atoms with Crippen LogP contribution in [0, 0.1) is 0 Å². The van der Waals surface area contributed by atoms with E-state index in [4.69, 9.17) is 0 Å². The topological polar surface area (TPSA) is 45.4 Å². The number of aromatic nitrogens is 2. The van der Waals surface area contributed by atoms with Gasteiger partial charge in [-0.05, 0) is 43.4 Å². The van der Waals surface area contributed by atoms with E-state index >= 15 is 0 Å². The van der Waals surface area contributed by atoms with Crippen LogP contribution in [0.1, 0.15) is 31.2 Å². The summed E-state index contributed by atoms with van der Waals surface area (Å²) in [7, 11) is 3.93. The van der Waals surface area contributed by atoms with Gasteiger partial charge in [0, 0.05) is 33.4 Å². The van der Waals surface area contributed by atoms with Crippen molar-refractivity contribution in [1.82, 2.24) is 20.0 Å². The van der Waals surface area contributed by atoms with E-state index in [9.17, 15) is 0 Å². The average molecular weight is 354 g/mol. The summed E-state index contributed by atoms with van der Waals surface area (Å²) in [4.78, 5) is 6.58. The number of unbranched alkanes of at least 4 members (excludes halogenated alkanes) is 3. The zero-order valence-corrected chi connectivity index (χ0v) is 16.1. The molecule has 0 fully saturated rings. The molecule has 2 aromatic rings. The molecule has 0 radical (unpaired) electrons. The molecule has 1 aromatic heterocycles. The van der Waals surface area contributed by atoms with Crippen molar-refractivity contribution in [2.75, 3.05) is 27.2 Å². The largest absolute Gasteiger partial charge is 0.356 e. The van der Waals surface area contributed by atoms with Gasteiger partial charge in [0.2, 0.25) is 0 Å². The minimum absolute atomic E-state index is 0.841. The molecular weight excluding hydrogens is 322 g/mol. The standard InChI is InChI=1S/C21H31N5/c1-4-5-6-7-11-16-25(3)21(22-2)23-15-14-19-17-24-26(18-19)20-12-9-8-10-13-20/h4,8-10,12-13,17-18H,1,5-7,11,14-16H2,2-3H3,(H,22,23). The van der Waals surface area contributed by atoms with E-state index in [-0.39, 0.29) is 0 Å². The van der Waals surface area contributed by atoms with E-state index in [0.717, 1.165) is 37.6 Å². The Bertz CT molecular complexity index is 675. The lowest BCUT2D eigenvalue weighted by Crippen LogP contribution is -2.40. The predicted octanol–water partition coefficient (Wildman–Crippen LogP) is 3.67. The Hall–Kier alpha value is -2.56. The lowest BCUT2D eigenvalue weighted by Gasteiger charge is -2.22. The van der Waals surface area contributed by atoms with Crippen LogP contribution in [0.15, 0.2) is 60.4 Å². The summed E-state index contributed by atoms with van der Waals surface area (Å²) in [6, 6.07) is 10.2. The van der Waals surface area contributed by atoms with Crippen LogP contribution in [0.2, 0.25) is 0 Å². The number of rotatable bonds is 10. The molecule has 0 saturated carbocycles. The third-order valence-electron chi connectivity index (χ3n) is 4.33. The predicted molar refractivity (Wildman–Crippen MR) is 110 cm³/mol. The molecule has 140 valence electrons. The van der Waals surface area contributed by atoms with E-state index in [0.29, 0.717) is 0 Å². The van der Waals surface area contributed by atoms with Crippen molar-refractivity contribution in [3.63, 3.8) is 0 Å². The molecule has 0 saturated heterocycles. The molecule has 0 unspecified atom stereocenters. The van der Waals surface area contributed by atoms with Crippen LogP contribution in [0.25, 0.3) is 5.69 Å². The summed E-state index contributed by atoms with van der Waals surface area (Å²) >= 11 is 0. The Labute approximate surface area is 157 Å². The highest BCUT2D eigenvalue weighted by atomic mass is 15.3. The van der Waals surface area contributed by atoms with Crippen LogP contribution < -0.4 is 5.32 Å². The summed E-state index contributed by atoms with van der Waals surface area (Å²) in [5.74, 6) is 0.948. The van der Waals surface area contributed by atoms with Gasteiger partial charge in [-0.2, -0.15) is 5.10 Å². The number of aliphatic imine (C=N–C) groups is 1. The number of benzene rings is 1. The van der Waals surface area contributed by atoms with E-state index in [1.165, 1.54) is 24.8 Å². The molecule has 1 N–H and O–H groups in total. The minimum atomic E-state index is 0.841. The van der Waals surface area contributed by atoms with Gasteiger partial charge in [-0.25, -0.2) is 4.68 Å². The fourth-order valence-electron chi connectivity index (χ4n) is 2.83. The summed E-state index contributed by atoms with van der Waals surface area (Å²) in [6.45, 7) is 5.62. The molecule has 26 heavy (non-hydrogen) atoms. The Kier molecular flexibility index (Phi) is 8.46. The summed E-state index contributed by atoms with van der Waals surface area (Å²) in [6.07, 6.45) is 11.6. The van der Waals surface area contributed by atoms with Gasteiger partial charge >= 0.3 is 0 Å². The van der Waals surface area contributed by atoms with Gasteiger partial charge in [0.1, 0.15) is 0 Å². The van der Waals surface area contributed by atoms with Crippen LogP contribution in [-0.4, -0.2) is 47.8 Å². The van der Waals surface area contributed by atoms with Crippen LogP contribution in [0.5, 0.6) is 0 Å². The van der Waals surface area contributed by atoms with Crippen LogP contribution in [-0.2, 0) is 6.42 Å². The van der Waals surface area contributed by atoms with Crippen LogP contribution in [0.4, 0.5) is 0 Å². The van der Waals surface area contributed by atoms with Crippen molar-refractivity contribution >= 4 is 5.96 Å². The fraction of sp³-hybridized carbons (Fsp3) is 0.429. The molecule has 0 spiro atoms. The summed E-state index contributed by atoms with van der Waals surface area (Å²) < 4.78 is 1.92. The van der Waals surface area contributed by atoms with Gasteiger partial charge in [-0.1, -0.05) is 30.7 Å². The second-order valence-corrected chi connectivity index (χ2v) is 6.41. The second-order valence-electron chi connectivity index (χ2n) is 6.41. The first-order valence-corrected chi connectivity index (χ1v) is 9.36. The Morgan fingerprint density at radius 3 is 2.81 bits per heavy atom. The highest BCUT2D eigenvalue weighted by Crippen LogP contribution is 2.08. The lowest BCUT2D eigenvalue weighted by atomic mass is 10.2. The van der Waals surface area contributed by atoms with Crippen molar-refractivity contribution in [2.24, 2.45) is 4.99 Å². The molecular formula is C21H31N5. The van der Waals surface area contributed by atoms with Gasteiger partial charge in [-0.15, -0.1) is 6.58 Å². The van der Waals surface area contributed by atoms with Crippen molar-refractivity contribution in [2.45, 2.75) is 32.1 Å². The quantitative estimate of drug-likeness (QED) is 0.307. The maximum atomic E-state index is 4.45. The Balaban J connectivity index is 1.73. The second kappa shape index (κ2) is 11.1. The van der Waals surface area contributed by atoms with Crippen molar-refractivity contribution in [3.8, 4) is 5.69 Å². The van der Waals surface area contributed by atoms with Crippen LogP contribution in [0.3, 0.4) is 0 Å². The van der Waals surface area contributed by atoms with Gasteiger partial charge in [0.15, 0.2) is 5.96 Å². The number of guanidine groups is 1. The first-order chi connectivity index (χ1) is 12.7. The van der Waals surface area contributed by atoms with E-state index in [1.807, 2.05) is 42.2 Å². The summed E-state index contributed by atoms with van der Waals surface area (Å²) in [5, 5.41) is 7.89. The average Bonchev–Trinajstić information content (AvgIpc) is 3.14. The molecule has 0 amide bonds. The van der Waals surface area contributed by atoms with Gasteiger partial charge in [0.05, 0.1) is 11.9 Å². The van der Waals surface area contributed by atoms with E-state index < -0.39 is 0 Å². The van der Waals surface area contributed by atoms with Gasteiger partial charge in [-0.3, -0.25) is 4.99 Å². The molecule has 5 heteroatoms. The number of allylic oxidation sites excluding steroid dienone is 1. The molecule has 2 rings (SSSR count). The maximum absolute atomic E-state index is 4.45.